The van der Waals surface area contributed by atoms with E-state index in [2.05, 4.69) is 10.3 Å². The lowest BCUT2D eigenvalue weighted by Crippen LogP contribution is -2.51. The highest BCUT2D eigenvalue weighted by molar-refractivity contribution is 5.95. The second-order valence-corrected chi connectivity index (χ2v) is 11.7. The van der Waals surface area contributed by atoms with Crippen LogP contribution in [0.4, 0.5) is 22.0 Å². The van der Waals surface area contributed by atoms with Crippen LogP contribution in [0, 0.1) is 11.6 Å². The molecule has 0 bridgehead atoms. The third kappa shape index (κ3) is 5.74. The molecule has 2 amide bonds. The number of hydrogen-bond acceptors (Lipinski definition) is 7. The SMILES string of the molecule is C[C@]1(C(N)=O)COc2c1cc(C(O)(CNC(=O)c1ccc(OC3CC3)c(OC3CC3)c1)C(F)(F)F)nc2-c1ccc(F)c(F)c1. The topological polar surface area (TPSA) is 133 Å². The summed E-state index contributed by atoms with van der Waals surface area (Å²) < 4.78 is 89.2. The number of nitrogens with one attached hydrogen (secondary N) is 1. The molecular formula is C31H28F5N3O6. The fourth-order valence-corrected chi connectivity index (χ4v) is 4.85. The number of hydrogen-bond donors (Lipinski definition) is 3. The first kappa shape index (κ1) is 30.6. The van der Waals surface area contributed by atoms with E-state index in [9.17, 15) is 36.6 Å². The average Bonchev–Trinajstić information content (AvgIpc) is 3.93. The molecule has 1 unspecified atom stereocenters. The van der Waals surface area contributed by atoms with Crippen molar-refractivity contribution in [2.24, 2.45) is 5.73 Å². The summed E-state index contributed by atoms with van der Waals surface area (Å²) in [6.45, 7) is -0.454. The fraction of sp³-hybridized carbons (Fsp3) is 0.387. The number of halogens is 5. The highest BCUT2D eigenvalue weighted by atomic mass is 19.4. The summed E-state index contributed by atoms with van der Waals surface area (Å²) in [7, 11) is 0. The van der Waals surface area contributed by atoms with Gasteiger partial charge in [0.15, 0.2) is 23.1 Å². The van der Waals surface area contributed by atoms with Gasteiger partial charge in [0.25, 0.3) is 5.91 Å². The van der Waals surface area contributed by atoms with Crippen LogP contribution in [0.3, 0.4) is 0 Å². The summed E-state index contributed by atoms with van der Waals surface area (Å²) >= 11 is 0. The zero-order valence-corrected chi connectivity index (χ0v) is 23.8. The van der Waals surface area contributed by atoms with Crippen LogP contribution in [0.5, 0.6) is 17.2 Å². The average molecular weight is 634 g/mol. The summed E-state index contributed by atoms with van der Waals surface area (Å²) in [4.78, 5) is 29.5. The molecule has 9 nitrogen and oxygen atoms in total. The smallest absolute Gasteiger partial charge is 0.424 e. The van der Waals surface area contributed by atoms with Gasteiger partial charge in [-0.3, -0.25) is 9.59 Å². The van der Waals surface area contributed by atoms with Crippen molar-refractivity contribution >= 4 is 11.8 Å². The summed E-state index contributed by atoms with van der Waals surface area (Å²) in [5.74, 6) is -3.93. The van der Waals surface area contributed by atoms with E-state index in [1.807, 2.05) is 0 Å². The molecule has 0 spiro atoms. The molecule has 2 saturated carbocycles. The van der Waals surface area contributed by atoms with Gasteiger partial charge in [-0.2, -0.15) is 13.2 Å². The molecular weight excluding hydrogens is 605 g/mol. The van der Waals surface area contributed by atoms with Crippen molar-refractivity contribution in [2.45, 2.75) is 62.0 Å². The number of nitrogens with two attached hydrogens (primary N) is 1. The van der Waals surface area contributed by atoms with Gasteiger partial charge in [0, 0.05) is 16.7 Å². The Labute approximate surface area is 253 Å². The van der Waals surface area contributed by atoms with E-state index in [1.54, 1.807) is 0 Å². The number of nitrogens with zero attached hydrogens (tertiary/aromatic N) is 1. The van der Waals surface area contributed by atoms with Gasteiger partial charge in [-0.05, 0) is 75.1 Å². The molecule has 14 heteroatoms. The van der Waals surface area contributed by atoms with Crippen LogP contribution < -0.4 is 25.3 Å². The molecule has 2 fully saturated rings. The molecule has 3 aromatic rings. The quantitative estimate of drug-likeness (QED) is 0.282. The number of pyridine rings is 1. The minimum Gasteiger partial charge on any atom is -0.489 e. The van der Waals surface area contributed by atoms with Crippen LogP contribution in [0.15, 0.2) is 42.5 Å². The maximum absolute atomic E-state index is 14.7. The highest BCUT2D eigenvalue weighted by Crippen LogP contribution is 2.48. The Bertz CT molecular complexity index is 1690. The predicted molar refractivity (Wildman–Crippen MR) is 148 cm³/mol. The lowest BCUT2D eigenvalue weighted by Gasteiger charge is -2.31. The van der Waals surface area contributed by atoms with Gasteiger partial charge in [0.05, 0.1) is 24.4 Å². The van der Waals surface area contributed by atoms with E-state index in [0.717, 1.165) is 43.9 Å². The number of aromatic nitrogens is 1. The van der Waals surface area contributed by atoms with E-state index in [4.69, 9.17) is 19.9 Å². The largest absolute Gasteiger partial charge is 0.489 e. The molecule has 45 heavy (non-hydrogen) atoms. The molecule has 1 aromatic heterocycles. The van der Waals surface area contributed by atoms with E-state index in [1.165, 1.54) is 25.1 Å². The molecule has 0 saturated heterocycles. The van der Waals surface area contributed by atoms with Gasteiger partial charge in [0.1, 0.15) is 23.5 Å². The molecule has 2 atom stereocenters. The summed E-state index contributed by atoms with van der Waals surface area (Å²) in [6.07, 6.45) is -2.05. The van der Waals surface area contributed by atoms with Gasteiger partial charge < -0.3 is 30.4 Å². The minimum absolute atomic E-state index is 0.0333. The zero-order chi connectivity index (χ0) is 32.3. The number of carbonyl (C=O) groups is 2. The Balaban J connectivity index is 1.36. The molecule has 2 heterocycles. The molecule has 4 N–H and O–H groups in total. The van der Waals surface area contributed by atoms with Crippen LogP contribution in [0.1, 0.15) is 54.2 Å². The van der Waals surface area contributed by atoms with Gasteiger partial charge in [-0.15, -0.1) is 0 Å². The number of fused-ring (bicyclic) bond motifs is 1. The summed E-state index contributed by atoms with van der Waals surface area (Å²) in [6, 6.07) is 7.54. The summed E-state index contributed by atoms with van der Waals surface area (Å²) in [5.41, 5.74) is -1.71. The van der Waals surface area contributed by atoms with Crippen LogP contribution in [0.2, 0.25) is 0 Å². The van der Waals surface area contributed by atoms with Crippen molar-refractivity contribution in [3.8, 4) is 28.5 Å². The number of carbonyl (C=O) groups excluding carboxylic acids is 2. The minimum atomic E-state index is -5.42. The first-order valence-corrected chi connectivity index (χ1v) is 14.2. The van der Waals surface area contributed by atoms with Crippen LogP contribution >= 0.6 is 0 Å². The Morgan fingerprint density at radius 3 is 2.29 bits per heavy atom. The molecule has 1 aliphatic heterocycles. The summed E-state index contributed by atoms with van der Waals surface area (Å²) in [5, 5.41) is 13.3. The van der Waals surface area contributed by atoms with Crippen molar-refractivity contribution in [1.82, 2.24) is 10.3 Å². The molecule has 2 aliphatic carbocycles. The van der Waals surface area contributed by atoms with Gasteiger partial charge in [0.2, 0.25) is 11.5 Å². The normalized spacial score (nSPS) is 20.5. The molecule has 2 aromatic carbocycles. The Morgan fingerprint density at radius 1 is 1.02 bits per heavy atom. The van der Waals surface area contributed by atoms with Crippen LogP contribution in [-0.2, 0) is 15.8 Å². The molecule has 6 rings (SSSR count). The predicted octanol–water partition coefficient (Wildman–Crippen LogP) is 4.42. The third-order valence-electron chi connectivity index (χ3n) is 8.05. The monoisotopic (exact) mass is 633 g/mol. The number of rotatable bonds is 10. The van der Waals surface area contributed by atoms with Gasteiger partial charge >= 0.3 is 6.18 Å². The Morgan fingerprint density at radius 2 is 1.69 bits per heavy atom. The number of amides is 2. The number of benzene rings is 2. The van der Waals surface area contributed by atoms with E-state index < -0.39 is 58.6 Å². The third-order valence-corrected chi connectivity index (χ3v) is 8.05. The number of alkyl halides is 3. The van der Waals surface area contributed by atoms with Crippen molar-refractivity contribution < 1.29 is 50.9 Å². The first-order chi connectivity index (χ1) is 21.2. The van der Waals surface area contributed by atoms with Gasteiger partial charge in [-0.1, -0.05) is 0 Å². The molecule has 3 aliphatic rings. The number of aliphatic hydroxyl groups is 1. The van der Waals surface area contributed by atoms with Gasteiger partial charge in [-0.25, -0.2) is 13.8 Å². The van der Waals surface area contributed by atoms with Crippen LogP contribution in [0.25, 0.3) is 11.3 Å². The van der Waals surface area contributed by atoms with E-state index in [-0.39, 0.29) is 47.0 Å². The lowest BCUT2D eigenvalue weighted by atomic mass is 9.81. The highest BCUT2D eigenvalue weighted by Gasteiger charge is 2.57. The van der Waals surface area contributed by atoms with Crippen molar-refractivity contribution in [1.29, 1.82) is 0 Å². The molecule has 0 radical (unpaired) electrons. The zero-order valence-electron chi connectivity index (χ0n) is 23.8. The van der Waals surface area contributed by atoms with E-state index >= 15 is 0 Å². The fourth-order valence-electron chi connectivity index (χ4n) is 4.85. The van der Waals surface area contributed by atoms with Crippen molar-refractivity contribution in [3.63, 3.8) is 0 Å². The van der Waals surface area contributed by atoms with Crippen LogP contribution in [-0.4, -0.2) is 53.4 Å². The Hall–Kier alpha value is -4.46. The second kappa shape index (κ2) is 10.9. The Kier molecular flexibility index (Phi) is 7.38. The maximum Gasteiger partial charge on any atom is 0.424 e. The van der Waals surface area contributed by atoms with Crippen molar-refractivity contribution in [2.75, 3.05) is 13.2 Å². The second-order valence-electron chi connectivity index (χ2n) is 11.7. The van der Waals surface area contributed by atoms with E-state index in [0.29, 0.717) is 11.8 Å². The lowest BCUT2D eigenvalue weighted by molar-refractivity contribution is -0.265. The molecule has 238 valence electrons. The number of primary amides is 1. The first-order valence-electron chi connectivity index (χ1n) is 14.2. The van der Waals surface area contributed by atoms with Crippen molar-refractivity contribution in [3.05, 3.63) is 70.9 Å². The standard InChI is InChI=1S/C31H28F5N3O6/c1-29(28(37)41)14-43-26-19(29)12-24(39-25(26)15-2-8-20(32)21(33)10-15)30(42,31(34,35)36)13-38-27(40)16-3-9-22(44-17-4-5-17)23(11-16)45-18-6-7-18/h2-3,8-12,17-18,42H,4-7,13-14H2,1H3,(H2,37,41)(H,38,40)/t29-,30?/m0/s1. The maximum atomic E-state index is 14.7. The number of ether oxygens (including phenoxy) is 3.